The summed E-state index contributed by atoms with van der Waals surface area (Å²) in [5.74, 6) is -0.495. The Morgan fingerprint density at radius 3 is 2.32 bits per heavy atom. The quantitative estimate of drug-likeness (QED) is 0.837. The van der Waals surface area contributed by atoms with Gasteiger partial charge in [-0.1, -0.05) is 18.2 Å². The average molecular weight is 380 g/mol. The highest BCUT2D eigenvalue weighted by Gasteiger charge is 2.18. The van der Waals surface area contributed by atoms with Gasteiger partial charge in [-0.05, 0) is 56.8 Å². The number of rotatable bonds is 5. The molecule has 28 heavy (non-hydrogen) atoms. The maximum Gasteiger partial charge on any atom is 0.251 e. The molecule has 1 fully saturated rings. The van der Waals surface area contributed by atoms with Gasteiger partial charge in [-0.3, -0.25) is 9.59 Å². The molecule has 1 aliphatic rings. The lowest BCUT2D eigenvalue weighted by atomic mass is 10.1. The van der Waals surface area contributed by atoms with E-state index < -0.39 is 6.04 Å². The first-order valence-electron chi connectivity index (χ1n) is 9.65. The van der Waals surface area contributed by atoms with Crippen LogP contribution in [0.5, 0.6) is 0 Å². The maximum absolute atomic E-state index is 12.5. The van der Waals surface area contributed by atoms with Crippen LogP contribution in [0.2, 0.25) is 0 Å². The number of hydrogen-bond acceptors (Lipinski definition) is 4. The Bertz CT molecular complexity index is 830. The summed E-state index contributed by atoms with van der Waals surface area (Å²) in [6.45, 7) is 7.78. The van der Waals surface area contributed by atoms with Gasteiger partial charge in [-0.25, -0.2) is 0 Å². The summed E-state index contributed by atoms with van der Waals surface area (Å²) in [6, 6.07) is 14.3. The number of hydrogen-bond donors (Lipinski definition) is 2. The highest BCUT2D eigenvalue weighted by Crippen LogP contribution is 2.23. The van der Waals surface area contributed by atoms with E-state index in [0.29, 0.717) is 5.56 Å². The second-order valence-corrected chi connectivity index (χ2v) is 7.34. The first kappa shape index (κ1) is 19.9. The van der Waals surface area contributed by atoms with E-state index in [-0.39, 0.29) is 11.8 Å². The van der Waals surface area contributed by atoms with Gasteiger partial charge in [-0.15, -0.1) is 0 Å². The first-order chi connectivity index (χ1) is 13.4. The van der Waals surface area contributed by atoms with Gasteiger partial charge in [-0.2, -0.15) is 0 Å². The number of carbonyl (C=O) groups is 2. The van der Waals surface area contributed by atoms with Crippen LogP contribution < -0.4 is 15.5 Å². The summed E-state index contributed by atoms with van der Waals surface area (Å²) in [7, 11) is 2.14. The number of amides is 2. The van der Waals surface area contributed by atoms with E-state index in [1.54, 1.807) is 31.2 Å². The van der Waals surface area contributed by atoms with Crippen LogP contribution in [0.15, 0.2) is 48.5 Å². The van der Waals surface area contributed by atoms with Crippen LogP contribution >= 0.6 is 0 Å². The van der Waals surface area contributed by atoms with Crippen LogP contribution in [-0.2, 0) is 4.79 Å². The molecule has 0 saturated carbocycles. The number of nitrogens with one attached hydrogen (secondary N) is 2. The summed E-state index contributed by atoms with van der Waals surface area (Å²) in [5.41, 5.74) is 3.49. The molecule has 1 aliphatic heterocycles. The fourth-order valence-corrected chi connectivity index (χ4v) is 3.23. The van der Waals surface area contributed by atoms with E-state index in [1.807, 2.05) is 25.1 Å². The lowest BCUT2D eigenvalue weighted by Gasteiger charge is -2.34. The zero-order chi connectivity index (χ0) is 20.1. The Morgan fingerprint density at radius 2 is 1.68 bits per heavy atom. The van der Waals surface area contributed by atoms with E-state index in [9.17, 15) is 9.59 Å². The summed E-state index contributed by atoms with van der Waals surface area (Å²) in [4.78, 5) is 29.4. The molecule has 2 N–H and O–H groups in total. The van der Waals surface area contributed by atoms with Crippen LogP contribution in [0.25, 0.3) is 0 Å². The Hall–Kier alpha value is -2.86. The molecular formula is C22H28N4O2. The maximum atomic E-state index is 12.5. The number of aryl methyl sites for hydroxylation is 1. The molecule has 2 aromatic carbocycles. The second kappa shape index (κ2) is 8.89. The van der Waals surface area contributed by atoms with Gasteiger partial charge in [0.2, 0.25) is 5.91 Å². The molecule has 3 rings (SSSR count). The van der Waals surface area contributed by atoms with Crippen LogP contribution in [0.4, 0.5) is 11.4 Å². The molecule has 1 heterocycles. The third-order valence-electron chi connectivity index (χ3n) is 5.11. The number of carbonyl (C=O) groups excluding carboxylic acids is 2. The van der Waals surface area contributed by atoms with Crippen molar-refractivity contribution in [2.45, 2.75) is 19.9 Å². The number of piperazine rings is 1. The molecule has 0 radical (unpaired) electrons. The van der Waals surface area contributed by atoms with Gasteiger partial charge in [0.05, 0.1) is 0 Å². The molecule has 6 nitrogen and oxygen atoms in total. The van der Waals surface area contributed by atoms with Crippen molar-refractivity contribution in [3.63, 3.8) is 0 Å². The molecule has 1 atom stereocenters. The Labute approximate surface area is 166 Å². The normalized spacial score (nSPS) is 15.8. The molecule has 2 amide bonds. The Morgan fingerprint density at radius 1 is 1.00 bits per heavy atom. The van der Waals surface area contributed by atoms with Gasteiger partial charge in [0, 0.05) is 43.1 Å². The van der Waals surface area contributed by atoms with Gasteiger partial charge >= 0.3 is 0 Å². The van der Waals surface area contributed by atoms with Gasteiger partial charge in [0.25, 0.3) is 5.91 Å². The van der Waals surface area contributed by atoms with E-state index in [0.717, 1.165) is 37.4 Å². The minimum atomic E-state index is -0.635. The minimum absolute atomic E-state index is 0.236. The zero-order valence-corrected chi connectivity index (χ0v) is 16.7. The number of nitrogens with zero attached hydrogens (tertiary/aromatic N) is 2. The molecule has 1 unspecified atom stereocenters. The standard InChI is InChI=1S/C22H28N4O2/c1-16-15-19(26-13-11-25(3)12-14-26)9-10-20(16)24-21(27)17(2)23-22(28)18-7-5-4-6-8-18/h4-10,15,17H,11-14H2,1-3H3,(H,23,28)(H,24,27). The molecule has 2 aromatic rings. The molecule has 0 bridgehead atoms. The van der Waals surface area contributed by atoms with Gasteiger partial charge in [0.1, 0.15) is 6.04 Å². The number of benzene rings is 2. The lowest BCUT2D eigenvalue weighted by Crippen LogP contribution is -2.44. The predicted molar refractivity (Wildman–Crippen MR) is 113 cm³/mol. The van der Waals surface area contributed by atoms with Crippen molar-refractivity contribution < 1.29 is 9.59 Å². The lowest BCUT2D eigenvalue weighted by molar-refractivity contribution is -0.117. The minimum Gasteiger partial charge on any atom is -0.369 e. The predicted octanol–water partition coefficient (Wildman–Crippen LogP) is 2.50. The Kier molecular flexibility index (Phi) is 6.31. The Balaban J connectivity index is 1.59. The van der Waals surface area contributed by atoms with Crippen molar-refractivity contribution in [3.8, 4) is 0 Å². The summed E-state index contributed by atoms with van der Waals surface area (Å²) < 4.78 is 0. The van der Waals surface area contributed by atoms with Crippen molar-refractivity contribution in [2.24, 2.45) is 0 Å². The van der Waals surface area contributed by atoms with Crippen molar-refractivity contribution >= 4 is 23.2 Å². The van der Waals surface area contributed by atoms with Crippen molar-refractivity contribution in [3.05, 3.63) is 59.7 Å². The zero-order valence-electron chi connectivity index (χ0n) is 16.7. The molecule has 0 aromatic heterocycles. The van der Waals surface area contributed by atoms with Crippen LogP contribution in [0.3, 0.4) is 0 Å². The van der Waals surface area contributed by atoms with Gasteiger partial charge < -0.3 is 20.4 Å². The third kappa shape index (κ3) is 4.89. The van der Waals surface area contributed by atoms with Crippen LogP contribution in [0.1, 0.15) is 22.8 Å². The topological polar surface area (TPSA) is 64.7 Å². The van der Waals surface area contributed by atoms with Crippen LogP contribution in [-0.4, -0.2) is 56.0 Å². The fraction of sp³-hybridized carbons (Fsp3) is 0.364. The van der Waals surface area contributed by atoms with Crippen molar-refractivity contribution in [1.82, 2.24) is 10.2 Å². The van der Waals surface area contributed by atoms with Crippen molar-refractivity contribution in [2.75, 3.05) is 43.4 Å². The summed E-state index contributed by atoms with van der Waals surface area (Å²) >= 11 is 0. The third-order valence-corrected chi connectivity index (χ3v) is 5.11. The largest absolute Gasteiger partial charge is 0.369 e. The molecule has 1 saturated heterocycles. The monoisotopic (exact) mass is 380 g/mol. The van der Waals surface area contributed by atoms with Gasteiger partial charge in [0.15, 0.2) is 0 Å². The summed E-state index contributed by atoms with van der Waals surface area (Å²) in [6.07, 6.45) is 0. The molecule has 0 aliphatic carbocycles. The SMILES string of the molecule is Cc1cc(N2CCN(C)CC2)ccc1NC(=O)C(C)NC(=O)c1ccccc1. The van der Waals surface area contributed by atoms with Crippen molar-refractivity contribution in [1.29, 1.82) is 0 Å². The average Bonchev–Trinajstić information content (AvgIpc) is 2.70. The molecule has 148 valence electrons. The smallest absolute Gasteiger partial charge is 0.251 e. The second-order valence-electron chi connectivity index (χ2n) is 7.34. The van der Waals surface area contributed by atoms with E-state index in [4.69, 9.17) is 0 Å². The van der Waals surface area contributed by atoms with E-state index >= 15 is 0 Å². The van der Waals surface area contributed by atoms with Crippen LogP contribution in [0, 0.1) is 6.92 Å². The van der Waals surface area contributed by atoms with E-state index in [2.05, 4.69) is 33.5 Å². The molecular weight excluding hydrogens is 352 g/mol. The van der Waals surface area contributed by atoms with E-state index in [1.165, 1.54) is 5.69 Å². The summed E-state index contributed by atoms with van der Waals surface area (Å²) in [5, 5.41) is 5.66. The molecule has 0 spiro atoms. The number of likely N-dealkylation sites (N-methyl/N-ethyl adjacent to an activating group) is 1. The highest BCUT2D eigenvalue weighted by atomic mass is 16.2. The highest BCUT2D eigenvalue weighted by molar-refractivity contribution is 6.01. The first-order valence-corrected chi connectivity index (χ1v) is 9.65. The molecule has 6 heteroatoms. The fourth-order valence-electron chi connectivity index (χ4n) is 3.23. The number of anilines is 2.